The van der Waals surface area contributed by atoms with E-state index in [-0.39, 0.29) is 28.2 Å². The fourth-order valence-corrected chi connectivity index (χ4v) is 3.59. The first-order valence-electron chi connectivity index (χ1n) is 8.70. The number of quaternary nitrogens is 1. The summed E-state index contributed by atoms with van der Waals surface area (Å²) in [5, 5.41) is 14.4. The van der Waals surface area contributed by atoms with Crippen molar-refractivity contribution in [2.75, 3.05) is 19.6 Å². The van der Waals surface area contributed by atoms with Gasteiger partial charge in [-0.3, -0.25) is 14.9 Å². The van der Waals surface area contributed by atoms with Crippen LogP contribution in [0.5, 0.6) is 0 Å². The van der Waals surface area contributed by atoms with Crippen LogP contribution in [0.3, 0.4) is 0 Å². The number of nitro groups is 1. The second-order valence-corrected chi connectivity index (χ2v) is 6.89. The summed E-state index contributed by atoms with van der Waals surface area (Å²) in [6.07, 6.45) is 0. The molecule has 0 saturated carbocycles. The number of nitrogens with one attached hydrogen (secondary N) is 2. The third-order valence-electron chi connectivity index (χ3n) is 4.56. The zero-order valence-corrected chi connectivity index (χ0v) is 16.7. The number of rotatable bonds is 8. The van der Waals surface area contributed by atoms with E-state index in [0.717, 1.165) is 18.7 Å². The van der Waals surface area contributed by atoms with Crippen LogP contribution in [0.4, 0.5) is 5.69 Å². The molecule has 2 N–H and O–H groups in total. The van der Waals surface area contributed by atoms with Gasteiger partial charge in [-0.15, -0.1) is 0 Å². The molecule has 27 heavy (non-hydrogen) atoms. The van der Waals surface area contributed by atoms with Crippen LogP contribution < -0.4 is 10.2 Å². The Bertz CT molecular complexity index is 826. The molecule has 0 aromatic heterocycles. The molecule has 0 aliphatic rings. The van der Waals surface area contributed by atoms with Crippen LogP contribution in [0, 0.1) is 10.1 Å². The Labute approximate surface area is 168 Å². The molecule has 0 radical (unpaired) electrons. The summed E-state index contributed by atoms with van der Waals surface area (Å²) in [7, 11) is 0. The van der Waals surface area contributed by atoms with Gasteiger partial charge in [0.2, 0.25) is 0 Å². The Balaban J connectivity index is 2.20. The maximum atomic E-state index is 12.6. The van der Waals surface area contributed by atoms with E-state index in [2.05, 4.69) is 19.2 Å². The van der Waals surface area contributed by atoms with E-state index >= 15 is 0 Å². The minimum Gasteiger partial charge on any atom is -0.346 e. The average Bonchev–Trinajstić information content (AvgIpc) is 2.65. The number of amides is 1. The lowest BCUT2D eigenvalue weighted by atomic mass is 10.0. The summed E-state index contributed by atoms with van der Waals surface area (Å²) >= 11 is 12.4. The molecule has 1 amide bonds. The van der Waals surface area contributed by atoms with Gasteiger partial charge in [0.1, 0.15) is 6.04 Å². The third-order valence-corrected chi connectivity index (χ3v) is 5.21. The molecule has 0 unspecified atom stereocenters. The van der Waals surface area contributed by atoms with Crippen molar-refractivity contribution >= 4 is 34.8 Å². The number of nitrogens with zero attached hydrogens (tertiary/aromatic N) is 1. The Morgan fingerprint density at radius 3 is 2.37 bits per heavy atom. The molecule has 0 aliphatic heterocycles. The number of hydrogen-bond acceptors (Lipinski definition) is 3. The first-order valence-corrected chi connectivity index (χ1v) is 9.45. The summed E-state index contributed by atoms with van der Waals surface area (Å²) in [6, 6.07) is 11.4. The smallest absolute Gasteiger partial charge is 0.270 e. The molecular weight excluding hydrogens is 389 g/mol. The van der Waals surface area contributed by atoms with Crippen molar-refractivity contribution in [1.82, 2.24) is 5.32 Å². The largest absolute Gasteiger partial charge is 0.346 e. The summed E-state index contributed by atoms with van der Waals surface area (Å²) in [5.74, 6) is -0.376. The van der Waals surface area contributed by atoms with Crippen LogP contribution >= 0.6 is 23.2 Å². The summed E-state index contributed by atoms with van der Waals surface area (Å²) in [5.41, 5.74) is 1.01. The molecule has 0 bridgehead atoms. The van der Waals surface area contributed by atoms with Crippen LogP contribution in [0.25, 0.3) is 0 Å². The van der Waals surface area contributed by atoms with Crippen LogP contribution in [-0.2, 0) is 0 Å². The van der Waals surface area contributed by atoms with Crippen LogP contribution in [0.15, 0.2) is 42.5 Å². The second-order valence-electron chi connectivity index (χ2n) is 6.07. The Morgan fingerprint density at radius 2 is 1.81 bits per heavy atom. The van der Waals surface area contributed by atoms with Gasteiger partial charge < -0.3 is 10.2 Å². The summed E-state index contributed by atoms with van der Waals surface area (Å²) < 4.78 is 0. The van der Waals surface area contributed by atoms with Crippen molar-refractivity contribution in [3.05, 3.63) is 73.8 Å². The number of benzene rings is 2. The summed E-state index contributed by atoms with van der Waals surface area (Å²) in [6.45, 7) is 6.28. The van der Waals surface area contributed by atoms with Crippen LogP contribution in [0.2, 0.25) is 10.0 Å². The van der Waals surface area contributed by atoms with E-state index in [1.54, 1.807) is 0 Å². The number of carbonyl (C=O) groups excluding carboxylic acids is 1. The van der Waals surface area contributed by atoms with Crippen molar-refractivity contribution in [1.29, 1.82) is 0 Å². The highest BCUT2D eigenvalue weighted by Gasteiger charge is 2.25. The van der Waals surface area contributed by atoms with Crippen molar-refractivity contribution in [3.63, 3.8) is 0 Å². The minimum absolute atomic E-state index is 0.0190. The quantitative estimate of drug-likeness (QED) is 0.517. The van der Waals surface area contributed by atoms with Crippen LogP contribution in [-0.4, -0.2) is 30.5 Å². The zero-order valence-electron chi connectivity index (χ0n) is 15.2. The van der Waals surface area contributed by atoms with Crippen LogP contribution in [0.1, 0.15) is 35.8 Å². The SMILES string of the molecule is CC[NH+](CC)[C@@H](CNC(=O)c1ccc([N+](=O)[O-])cc1Cl)c1ccccc1Cl. The highest BCUT2D eigenvalue weighted by molar-refractivity contribution is 6.34. The molecule has 0 fully saturated rings. The number of nitro benzene ring substituents is 1. The van der Waals surface area contributed by atoms with Gasteiger partial charge in [-0.05, 0) is 26.0 Å². The third kappa shape index (κ3) is 5.19. The predicted octanol–water partition coefficient (Wildman–Crippen LogP) is 3.30. The van der Waals surface area contributed by atoms with Crippen molar-refractivity contribution < 1.29 is 14.6 Å². The molecule has 0 spiro atoms. The molecule has 1 atom stereocenters. The summed E-state index contributed by atoms with van der Waals surface area (Å²) in [4.78, 5) is 24.1. The van der Waals surface area contributed by atoms with Gasteiger partial charge >= 0.3 is 0 Å². The number of carbonyl (C=O) groups is 1. The van der Waals surface area contributed by atoms with E-state index in [0.29, 0.717) is 11.6 Å². The van der Waals surface area contributed by atoms with Gasteiger partial charge in [-0.2, -0.15) is 0 Å². The Morgan fingerprint density at radius 1 is 1.15 bits per heavy atom. The lowest BCUT2D eigenvalue weighted by Crippen LogP contribution is -3.12. The molecule has 0 heterocycles. The maximum Gasteiger partial charge on any atom is 0.270 e. The number of halogens is 2. The van der Waals surface area contributed by atoms with E-state index in [9.17, 15) is 14.9 Å². The molecule has 6 nitrogen and oxygen atoms in total. The number of non-ortho nitro benzene ring substituents is 1. The number of hydrogen-bond donors (Lipinski definition) is 2. The number of likely N-dealkylation sites (N-methyl/N-ethyl adjacent to an activating group) is 1. The van der Waals surface area contributed by atoms with Gasteiger partial charge in [0, 0.05) is 22.7 Å². The van der Waals surface area contributed by atoms with Gasteiger partial charge in [-0.25, -0.2) is 0 Å². The Kier molecular flexibility index (Phi) is 7.59. The van der Waals surface area contributed by atoms with Crippen molar-refractivity contribution in [3.8, 4) is 0 Å². The van der Waals surface area contributed by atoms with Crippen molar-refractivity contribution in [2.45, 2.75) is 19.9 Å². The fraction of sp³-hybridized carbons (Fsp3) is 0.316. The van der Waals surface area contributed by atoms with Gasteiger partial charge in [0.15, 0.2) is 0 Å². The highest BCUT2D eigenvalue weighted by atomic mass is 35.5. The first-order chi connectivity index (χ1) is 12.9. The first kappa shape index (κ1) is 21.2. The molecule has 2 aromatic rings. The van der Waals surface area contributed by atoms with Gasteiger partial charge in [-0.1, -0.05) is 41.4 Å². The van der Waals surface area contributed by atoms with Gasteiger partial charge in [0.05, 0.1) is 35.1 Å². The lowest BCUT2D eigenvalue weighted by molar-refractivity contribution is -0.927. The lowest BCUT2D eigenvalue weighted by Gasteiger charge is -2.28. The standard InChI is InChI=1S/C19H21Cl2N3O3/c1-3-23(4-2)18(14-7-5-6-8-16(14)20)12-22-19(25)15-10-9-13(24(26)27)11-17(15)21/h5-11,18H,3-4,12H2,1-2H3,(H,22,25)/p+1/t18-/m0/s1. The highest BCUT2D eigenvalue weighted by Crippen LogP contribution is 2.23. The molecule has 0 aliphatic carbocycles. The average molecular weight is 411 g/mol. The van der Waals surface area contributed by atoms with E-state index in [1.807, 2.05) is 24.3 Å². The topological polar surface area (TPSA) is 76.7 Å². The van der Waals surface area contributed by atoms with E-state index < -0.39 is 4.92 Å². The second kappa shape index (κ2) is 9.69. The Hall–Kier alpha value is -2.15. The predicted molar refractivity (Wildman–Crippen MR) is 107 cm³/mol. The van der Waals surface area contributed by atoms with Gasteiger partial charge in [0.25, 0.3) is 11.6 Å². The molecule has 144 valence electrons. The molecule has 2 rings (SSSR count). The fourth-order valence-electron chi connectivity index (χ4n) is 3.07. The van der Waals surface area contributed by atoms with Crippen molar-refractivity contribution in [2.24, 2.45) is 0 Å². The normalized spacial score (nSPS) is 12.0. The van der Waals surface area contributed by atoms with E-state index in [4.69, 9.17) is 23.2 Å². The molecule has 2 aromatic carbocycles. The maximum absolute atomic E-state index is 12.6. The minimum atomic E-state index is -0.551. The molecule has 0 saturated heterocycles. The van der Waals surface area contributed by atoms with E-state index in [1.165, 1.54) is 23.1 Å². The zero-order chi connectivity index (χ0) is 20.0. The molecule has 8 heteroatoms. The monoisotopic (exact) mass is 410 g/mol. The molecular formula is C19H22Cl2N3O3+.